The summed E-state index contributed by atoms with van der Waals surface area (Å²) in [6.45, 7) is 8.72. The fourth-order valence-electron chi connectivity index (χ4n) is 6.35. The van der Waals surface area contributed by atoms with Gasteiger partial charge < -0.3 is 9.47 Å². The van der Waals surface area contributed by atoms with Crippen LogP contribution in [0.5, 0.6) is 17.2 Å². The third-order valence-corrected chi connectivity index (χ3v) is 8.65. The molecule has 0 saturated carbocycles. The number of hydrogen-bond donors (Lipinski definition) is 0. The highest BCUT2D eigenvalue weighted by atomic mass is 16.5. The molecule has 0 atom stereocenters. The lowest BCUT2D eigenvalue weighted by atomic mass is 10.0. The van der Waals surface area contributed by atoms with Gasteiger partial charge in [-0.1, -0.05) is 56.3 Å². The monoisotopic (exact) mass is 606 g/mol. The molecule has 46 heavy (non-hydrogen) atoms. The van der Waals surface area contributed by atoms with E-state index in [9.17, 15) is 0 Å². The summed E-state index contributed by atoms with van der Waals surface area (Å²) in [6, 6.07) is 35.5. The molecule has 0 N–H and O–H groups in total. The Balaban J connectivity index is 1.29. The number of benzene rings is 4. The van der Waals surface area contributed by atoms with Gasteiger partial charge in [-0.15, -0.1) is 0 Å². The zero-order valence-electron chi connectivity index (χ0n) is 27.0. The van der Waals surface area contributed by atoms with Crippen LogP contribution in [0.25, 0.3) is 44.4 Å². The molecule has 0 aliphatic rings. The molecule has 0 bridgehead atoms. The van der Waals surface area contributed by atoms with Crippen LogP contribution in [0, 0.1) is 19.8 Å². The molecule has 3 aromatic heterocycles. The highest BCUT2D eigenvalue weighted by Gasteiger charge is 2.17. The van der Waals surface area contributed by atoms with E-state index in [0.29, 0.717) is 5.92 Å². The molecule has 0 aliphatic carbocycles. The summed E-state index contributed by atoms with van der Waals surface area (Å²) in [5.41, 5.74) is 8.82. The summed E-state index contributed by atoms with van der Waals surface area (Å²) in [5, 5.41) is 7.26. The van der Waals surface area contributed by atoms with Crippen LogP contribution in [0.1, 0.15) is 37.2 Å². The predicted octanol–water partition coefficient (Wildman–Crippen LogP) is 10.0. The summed E-state index contributed by atoms with van der Waals surface area (Å²) >= 11 is 0. The van der Waals surface area contributed by atoms with E-state index < -0.39 is 0 Å². The molecule has 4 aromatic carbocycles. The lowest BCUT2D eigenvalue weighted by Crippen LogP contribution is -2.00. The van der Waals surface area contributed by atoms with E-state index >= 15 is 0 Å². The second kappa shape index (κ2) is 12.2. The quantitative estimate of drug-likeness (QED) is 0.164. The van der Waals surface area contributed by atoms with Gasteiger partial charge in [-0.3, -0.25) is 4.57 Å². The number of hydrogen-bond acceptors (Lipinski definition) is 4. The summed E-state index contributed by atoms with van der Waals surface area (Å²) < 4.78 is 16.3. The minimum absolute atomic E-state index is 0.656. The predicted molar refractivity (Wildman–Crippen MR) is 187 cm³/mol. The van der Waals surface area contributed by atoms with Crippen molar-refractivity contribution in [3.05, 3.63) is 126 Å². The number of ether oxygens (including phenoxy) is 2. The van der Waals surface area contributed by atoms with Crippen molar-refractivity contribution in [1.29, 1.82) is 0 Å². The molecule has 6 heteroatoms. The van der Waals surface area contributed by atoms with E-state index in [4.69, 9.17) is 19.6 Å². The van der Waals surface area contributed by atoms with Gasteiger partial charge in [0.25, 0.3) is 0 Å². The largest absolute Gasteiger partial charge is 0.497 e. The number of rotatable bonds is 9. The normalized spacial score (nSPS) is 11.5. The minimum atomic E-state index is 0.656. The molecule has 0 amide bonds. The zero-order valence-corrected chi connectivity index (χ0v) is 27.0. The van der Waals surface area contributed by atoms with E-state index in [0.717, 1.165) is 80.5 Å². The summed E-state index contributed by atoms with van der Waals surface area (Å²) in [5.74, 6) is 3.70. The Morgan fingerprint density at radius 3 is 2.37 bits per heavy atom. The molecule has 0 fully saturated rings. The molecule has 230 valence electrons. The average molecular weight is 607 g/mol. The Morgan fingerprint density at radius 2 is 1.57 bits per heavy atom. The second-order valence-electron chi connectivity index (χ2n) is 12.3. The Morgan fingerprint density at radius 1 is 0.739 bits per heavy atom. The summed E-state index contributed by atoms with van der Waals surface area (Å²) in [7, 11) is 1.68. The fourth-order valence-corrected chi connectivity index (χ4v) is 6.35. The Hall–Kier alpha value is -5.36. The van der Waals surface area contributed by atoms with E-state index in [2.05, 4.69) is 99.0 Å². The molecule has 0 saturated heterocycles. The molecular weight excluding hydrogens is 568 g/mol. The maximum atomic E-state index is 6.53. The van der Waals surface area contributed by atoms with Crippen LogP contribution in [-0.2, 0) is 6.42 Å². The van der Waals surface area contributed by atoms with Gasteiger partial charge in [0.15, 0.2) is 0 Å². The minimum Gasteiger partial charge on any atom is -0.497 e. The first kappa shape index (κ1) is 29.4. The lowest BCUT2D eigenvalue weighted by molar-refractivity contribution is 0.414. The molecule has 0 radical (unpaired) electrons. The highest BCUT2D eigenvalue weighted by molar-refractivity contribution is 6.09. The molecule has 0 aliphatic heterocycles. The van der Waals surface area contributed by atoms with Gasteiger partial charge in [0.1, 0.15) is 23.1 Å². The first-order valence-electron chi connectivity index (χ1n) is 15.9. The van der Waals surface area contributed by atoms with E-state index in [-0.39, 0.29) is 0 Å². The average Bonchev–Trinajstić information content (AvgIpc) is 3.56. The molecule has 7 rings (SSSR count). The van der Waals surface area contributed by atoms with Gasteiger partial charge in [0.2, 0.25) is 0 Å². The van der Waals surface area contributed by atoms with Crippen molar-refractivity contribution < 1.29 is 9.47 Å². The van der Waals surface area contributed by atoms with Gasteiger partial charge in [0, 0.05) is 46.4 Å². The van der Waals surface area contributed by atoms with E-state index in [1.165, 1.54) is 10.9 Å². The van der Waals surface area contributed by atoms with Gasteiger partial charge in [-0.25, -0.2) is 9.67 Å². The fraction of sp³-hybridized carbons (Fsp3) is 0.200. The van der Waals surface area contributed by atoms with Crippen LogP contribution in [0.3, 0.4) is 0 Å². The van der Waals surface area contributed by atoms with Gasteiger partial charge in [-0.05, 0) is 86.2 Å². The molecule has 6 nitrogen and oxygen atoms in total. The zero-order chi connectivity index (χ0) is 31.8. The van der Waals surface area contributed by atoms with Crippen LogP contribution in [-0.4, -0.2) is 26.4 Å². The van der Waals surface area contributed by atoms with Gasteiger partial charge in [0.05, 0.1) is 29.5 Å². The number of aryl methyl sites for hydroxylation is 2. The first-order valence-corrected chi connectivity index (χ1v) is 15.9. The maximum absolute atomic E-state index is 6.53. The molecule has 0 spiro atoms. The molecule has 7 aromatic rings. The van der Waals surface area contributed by atoms with Crippen LogP contribution in [0.15, 0.2) is 109 Å². The number of nitrogens with zero attached hydrogens (tertiary/aromatic N) is 4. The van der Waals surface area contributed by atoms with Crippen molar-refractivity contribution in [2.24, 2.45) is 5.92 Å². The van der Waals surface area contributed by atoms with Crippen molar-refractivity contribution in [1.82, 2.24) is 19.3 Å². The van der Waals surface area contributed by atoms with Crippen LogP contribution in [0.4, 0.5) is 0 Å². The van der Waals surface area contributed by atoms with Crippen molar-refractivity contribution in [2.75, 3.05) is 7.11 Å². The molecular formula is C40H38N4O2. The number of aromatic nitrogens is 4. The van der Waals surface area contributed by atoms with Gasteiger partial charge >= 0.3 is 0 Å². The topological polar surface area (TPSA) is 54.1 Å². The van der Waals surface area contributed by atoms with Crippen LogP contribution in [0.2, 0.25) is 0 Å². The Bertz CT molecular complexity index is 2180. The second-order valence-corrected chi connectivity index (χ2v) is 12.3. The van der Waals surface area contributed by atoms with Gasteiger partial charge in [-0.2, -0.15) is 5.10 Å². The molecule has 0 unspecified atom stereocenters. The number of fused-ring (bicyclic) bond motifs is 3. The molecule has 3 heterocycles. The Labute approximate surface area is 269 Å². The SMILES string of the molecule is COc1ccnc(-n2c3ccc(CCC(C)C)cc3c3ccc(Oc4cccc(-n5nc(C)c(-c6ccccc6)c5C)c4)cc32)c1. The van der Waals surface area contributed by atoms with Crippen molar-refractivity contribution in [3.63, 3.8) is 0 Å². The first-order chi connectivity index (χ1) is 22.4. The third kappa shape index (κ3) is 5.51. The maximum Gasteiger partial charge on any atom is 0.141 e. The van der Waals surface area contributed by atoms with Crippen molar-refractivity contribution in [2.45, 2.75) is 40.5 Å². The standard InChI is InChI=1S/C40H38N4O2/c1-26(2)14-15-29-16-19-37-36(22-29)35-18-17-34(24-38(35)43(37)39-25-32(45-5)20-21-41-39)46-33-13-9-12-31(23-33)44-28(4)40(27(3)42-44)30-10-7-6-8-11-30/h6-13,16-26H,14-15H2,1-5H3. The Kier molecular flexibility index (Phi) is 7.79. The number of methoxy groups -OCH3 is 1. The lowest BCUT2D eigenvalue weighted by Gasteiger charge is -2.11. The summed E-state index contributed by atoms with van der Waals surface area (Å²) in [4.78, 5) is 4.74. The number of pyridine rings is 1. The van der Waals surface area contributed by atoms with E-state index in [1.54, 1.807) is 13.3 Å². The van der Waals surface area contributed by atoms with E-state index in [1.807, 2.05) is 41.1 Å². The smallest absolute Gasteiger partial charge is 0.141 e. The third-order valence-electron chi connectivity index (χ3n) is 8.65. The van der Waals surface area contributed by atoms with Crippen LogP contribution >= 0.6 is 0 Å². The van der Waals surface area contributed by atoms with Crippen molar-refractivity contribution in [3.8, 4) is 39.9 Å². The highest BCUT2D eigenvalue weighted by Crippen LogP contribution is 2.37. The van der Waals surface area contributed by atoms with Crippen molar-refractivity contribution >= 4 is 21.8 Å². The summed E-state index contributed by atoms with van der Waals surface area (Å²) in [6.07, 6.45) is 4.00. The van der Waals surface area contributed by atoms with Crippen LogP contribution < -0.4 is 9.47 Å².